The molecule has 0 aromatic heterocycles. The Labute approximate surface area is 198 Å². The molecule has 0 spiro atoms. The summed E-state index contributed by atoms with van der Waals surface area (Å²) in [5.41, 5.74) is 1.22. The third-order valence-electron chi connectivity index (χ3n) is 7.73. The van der Waals surface area contributed by atoms with Gasteiger partial charge in [0.2, 0.25) is 0 Å². The van der Waals surface area contributed by atoms with Crippen molar-refractivity contribution in [2.24, 2.45) is 0 Å². The van der Waals surface area contributed by atoms with E-state index in [4.69, 9.17) is 13.7 Å². The van der Waals surface area contributed by atoms with Crippen molar-refractivity contribution in [1.29, 1.82) is 0 Å². The maximum Gasteiger partial charge on any atom is 0.345 e. The number of amides is 2. The molecule has 0 aromatic rings. The lowest BCUT2D eigenvalue weighted by Gasteiger charge is -2.40. The first-order chi connectivity index (χ1) is 14.5. The zero-order valence-corrected chi connectivity index (χ0v) is 24.1. The molecule has 0 unspecified atom stereocenters. The molecule has 1 fully saturated rings. The van der Waals surface area contributed by atoms with Gasteiger partial charge in [0.25, 0.3) is 0 Å². The van der Waals surface area contributed by atoms with E-state index < -0.39 is 16.6 Å². The van der Waals surface area contributed by atoms with Crippen molar-refractivity contribution in [2.75, 3.05) is 26.4 Å². The van der Waals surface area contributed by atoms with E-state index >= 15 is 0 Å². The van der Waals surface area contributed by atoms with Gasteiger partial charge in [0.05, 0.1) is 25.3 Å². The SMILES string of the molecule is C=CCON1C(=O)N2C[C@H]1C=C(CCO[Si](C)(C)C(C)(C)C)[C@H]2CO[Si](C)(C)C(C)(C)C. The molecule has 1 saturated heterocycles. The second-order valence-corrected chi connectivity index (χ2v) is 21.7. The van der Waals surface area contributed by atoms with Gasteiger partial charge in [-0.25, -0.2) is 4.79 Å². The average Bonchev–Trinajstić information content (AvgIpc) is 2.88. The van der Waals surface area contributed by atoms with Gasteiger partial charge < -0.3 is 13.8 Å². The third-order valence-corrected chi connectivity index (χ3v) is 16.8. The predicted molar refractivity (Wildman–Crippen MR) is 137 cm³/mol. The number of carbonyl (C=O) groups is 1. The highest BCUT2D eigenvalue weighted by Crippen LogP contribution is 2.39. The number of urea groups is 1. The number of hydrogen-bond acceptors (Lipinski definition) is 4. The smallest absolute Gasteiger partial charge is 0.345 e. The van der Waals surface area contributed by atoms with Crippen molar-refractivity contribution in [3.8, 4) is 0 Å². The summed E-state index contributed by atoms with van der Waals surface area (Å²) < 4.78 is 13.0. The normalized spacial score (nSPS) is 22.4. The van der Waals surface area contributed by atoms with Crippen LogP contribution in [0, 0.1) is 0 Å². The van der Waals surface area contributed by atoms with Crippen LogP contribution in [0.25, 0.3) is 0 Å². The highest BCUT2D eigenvalue weighted by Gasteiger charge is 2.47. The Morgan fingerprint density at radius 2 is 1.62 bits per heavy atom. The van der Waals surface area contributed by atoms with Gasteiger partial charge in [-0.3, -0.25) is 4.84 Å². The van der Waals surface area contributed by atoms with Gasteiger partial charge in [-0.2, -0.15) is 5.06 Å². The molecule has 0 saturated carbocycles. The standard InChI is InChI=1S/C24H46N2O4Si2/c1-12-14-28-26-20-16-19(13-15-29-31(8,9)23(2,3)4)21(25(17-20)22(26)27)18-30-32(10,11)24(5,6)7/h12,16,20-21H,1,13-15,17-18H2,2-11H3/t20-,21-/m1/s1. The molecule has 2 bridgehead atoms. The summed E-state index contributed by atoms with van der Waals surface area (Å²) in [6, 6.07) is -0.236. The van der Waals surface area contributed by atoms with E-state index in [2.05, 4.69) is 80.4 Å². The zero-order chi connectivity index (χ0) is 24.5. The Morgan fingerprint density at radius 1 is 1.06 bits per heavy atom. The minimum Gasteiger partial charge on any atom is -0.417 e. The Kier molecular flexibility index (Phi) is 8.31. The van der Waals surface area contributed by atoms with Crippen molar-refractivity contribution >= 4 is 22.7 Å². The Bertz CT molecular complexity index is 722. The van der Waals surface area contributed by atoms with Gasteiger partial charge >= 0.3 is 6.03 Å². The molecule has 0 aliphatic carbocycles. The van der Waals surface area contributed by atoms with E-state index in [9.17, 15) is 4.79 Å². The van der Waals surface area contributed by atoms with Crippen LogP contribution in [-0.4, -0.2) is 71.1 Å². The minimum atomic E-state index is -1.94. The topological polar surface area (TPSA) is 51.2 Å². The van der Waals surface area contributed by atoms with E-state index in [0.717, 1.165) is 6.42 Å². The number of rotatable bonds is 10. The van der Waals surface area contributed by atoms with Crippen LogP contribution in [0.4, 0.5) is 4.79 Å². The van der Waals surface area contributed by atoms with E-state index in [0.29, 0.717) is 26.4 Å². The summed E-state index contributed by atoms with van der Waals surface area (Å²) in [6.45, 7) is 28.4. The fourth-order valence-corrected chi connectivity index (χ4v) is 5.49. The van der Waals surface area contributed by atoms with Gasteiger partial charge in [0.15, 0.2) is 16.6 Å². The van der Waals surface area contributed by atoms with Crippen molar-refractivity contribution in [3.05, 3.63) is 24.3 Å². The molecule has 2 rings (SSSR count). The number of hydroxylamine groups is 2. The van der Waals surface area contributed by atoms with Crippen molar-refractivity contribution in [1.82, 2.24) is 9.96 Å². The maximum absolute atomic E-state index is 13.1. The van der Waals surface area contributed by atoms with Crippen LogP contribution in [0.5, 0.6) is 0 Å². The largest absolute Gasteiger partial charge is 0.417 e. The Morgan fingerprint density at radius 3 is 2.16 bits per heavy atom. The van der Waals surface area contributed by atoms with Gasteiger partial charge in [-0.15, -0.1) is 6.58 Å². The lowest BCUT2D eigenvalue weighted by molar-refractivity contribution is -0.107. The fraction of sp³-hybridized carbons (Fsp3) is 0.792. The lowest BCUT2D eigenvalue weighted by Crippen LogP contribution is -2.49. The van der Waals surface area contributed by atoms with Crippen LogP contribution in [0.1, 0.15) is 48.0 Å². The van der Waals surface area contributed by atoms with E-state index in [1.165, 1.54) is 10.6 Å². The molecular formula is C24H46N2O4Si2. The first-order valence-electron chi connectivity index (χ1n) is 11.8. The number of hydrogen-bond donors (Lipinski definition) is 0. The Hall–Kier alpha value is -0.936. The first-order valence-corrected chi connectivity index (χ1v) is 17.7. The van der Waals surface area contributed by atoms with Crippen LogP contribution < -0.4 is 0 Å². The molecule has 0 N–H and O–H groups in total. The van der Waals surface area contributed by atoms with E-state index in [1.54, 1.807) is 6.08 Å². The first kappa shape index (κ1) is 27.3. The van der Waals surface area contributed by atoms with Crippen LogP contribution in [-0.2, 0) is 13.7 Å². The molecule has 8 heteroatoms. The second kappa shape index (κ2) is 9.74. The molecule has 32 heavy (non-hydrogen) atoms. The van der Waals surface area contributed by atoms with Gasteiger partial charge in [0.1, 0.15) is 0 Å². The van der Waals surface area contributed by atoms with Crippen molar-refractivity contribution < 1.29 is 18.5 Å². The molecule has 0 aromatic carbocycles. The fourth-order valence-electron chi connectivity index (χ4n) is 3.44. The second-order valence-electron chi connectivity index (χ2n) is 12.1. The lowest BCUT2D eigenvalue weighted by atomic mass is 9.97. The summed E-state index contributed by atoms with van der Waals surface area (Å²) in [6.07, 6.45) is 4.67. The number of nitrogens with zero attached hydrogens (tertiary/aromatic N) is 2. The van der Waals surface area contributed by atoms with Crippen molar-refractivity contribution in [3.63, 3.8) is 0 Å². The monoisotopic (exact) mass is 482 g/mol. The molecule has 2 heterocycles. The molecule has 2 aliphatic rings. The summed E-state index contributed by atoms with van der Waals surface area (Å²) in [4.78, 5) is 20.7. The van der Waals surface area contributed by atoms with Crippen LogP contribution >= 0.6 is 0 Å². The molecular weight excluding hydrogens is 436 g/mol. The summed E-state index contributed by atoms with van der Waals surface area (Å²) >= 11 is 0. The third kappa shape index (κ3) is 5.94. The molecule has 0 radical (unpaired) electrons. The zero-order valence-electron chi connectivity index (χ0n) is 22.1. The van der Waals surface area contributed by atoms with E-state index in [-0.39, 0.29) is 28.2 Å². The number of fused-ring (bicyclic) bond motifs is 2. The molecule has 2 aliphatic heterocycles. The van der Waals surface area contributed by atoms with Gasteiger partial charge in [-0.05, 0) is 48.3 Å². The highest BCUT2D eigenvalue weighted by atomic mass is 28.4. The van der Waals surface area contributed by atoms with E-state index in [1.807, 2.05) is 4.90 Å². The molecule has 2 amide bonds. The summed E-state index contributed by atoms with van der Waals surface area (Å²) in [5.74, 6) is 0. The summed E-state index contributed by atoms with van der Waals surface area (Å²) in [5, 5.41) is 1.79. The Balaban J connectivity index is 2.20. The van der Waals surface area contributed by atoms with Gasteiger partial charge in [0, 0.05) is 13.2 Å². The quantitative estimate of drug-likeness (QED) is 0.285. The number of carbonyl (C=O) groups excluding carboxylic acids is 1. The maximum atomic E-state index is 13.1. The van der Waals surface area contributed by atoms with Crippen LogP contribution in [0.15, 0.2) is 24.3 Å². The minimum absolute atomic E-state index is 0.0746. The molecule has 2 atom stereocenters. The molecule has 6 nitrogen and oxygen atoms in total. The predicted octanol–water partition coefficient (Wildman–Crippen LogP) is 5.95. The van der Waals surface area contributed by atoms with Gasteiger partial charge in [-0.1, -0.05) is 53.7 Å². The van der Waals surface area contributed by atoms with Crippen LogP contribution in [0.3, 0.4) is 0 Å². The molecule has 184 valence electrons. The summed E-state index contributed by atoms with van der Waals surface area (Å²) in [7, 11) is -3.77. The average molecular weight is 483 g/mol. The highest BCUT2D eigenvalue weighted by molar-refractivity contribution is 6.74. The van der Waals surface area contributed by atoms with Crippen LogP contribution in [0.2, 0.25) is 36.3 Å². The van der Waals surface area contributed by atoms with Crippen molar-refractivity contribution in [2.45, 2.75) is 96.3 Å².